The molecular formula is C20H18N4O2. The normalized spacial score (nSPS) is 15.2. The zero-order chi connectivity index (χ0) is 18.1. The number of aromatic nitrogens is 2. The number of nitrogens with two attached hydrogens (primary N) is 1. The average molecular weight is 346 g/mol. The molecule has 6 heteroatoms. The van der Waals surface area contributed by atoms with E-state index >= 15 is 0 Å². The summed E-state index contributed by atoms with van der Waals surface area (Å²) in [7, 11) is 0. The zero-order valence-electron chi connectivity index (χ0n) is 14.3. The smallest absolute Gasteiger partial charge is 0.163 e. The summed E-state index contributed by atoms with van der Waals surface area (Å²) < 4.78 is 5.53. The van der Waals surface area contributed by atoms with E-state index in [0.29, 0.717) is 24.2 Å². The summed E-state index contributed by atoms with van der Waals surface area (Å²) in [6.45, 7) is 1.89. The van der Waals surface area contributed by atoms with E-state index in [2.05, 4.69) is 15.0 Å². The van der Waals surface area contributed by atoms with E-state index in [1.807, 2.05) is 43.3 Å². The first-order valence-corrected chi connectivity index (χ1v) is 8.44. The first kappa shape index (κ1) is 16.2. The van der Waals surface area contributed by atoms with Crippen molar-refractivity contribution in [3.05, 3.63) is 76.6 Å². The number of hydrogen-bond donors (Lipinski definition) is 1. The van der Waals surface area contributed by atoms with Gasteiger partial charge in [-0.15, -0.1) is 0 Å². The number of hydrogen-bond acceptors (Lipinski definition) is 6. The number of nitrogens with zero attached hydrogens (tertiary/aromatic N) is 3. The van der Waals surface area contributed by atoms with Crippen molar-refractivity contribution in [1.29, 1.82) is 0 Å². The molecule has 3 aromatic rings. The van der Waals surface area contributed by atoms with Gasteiger partial charge in [-0.1, -0.05) is 18.2 Å². The van der Waals surface area contributed by atoms with Crippen LogP contribution in [0.5, 0.6) is 0 Å². The minimum Gasteiger partial charge on any atom is -0.466 e. The fraction of sp³-hybridized carbons (Fsp3) is 0.200. The Morgan fingerprint density at radius 3 is 2.92 bits per heavy atom. The molecule has 130 valence electrons. The lowest BCUT2D eigenvalue weighted by atomic mass is 9.98. The van der Waals surface area contributed by atoms with Crippen LogP contribution in [0.2, 0.25) is 0 Å². The summed E-state index contributed by atoms with van der Waals surface area (Å²) in [5.74, 6) is 2.18. The molecule has 0 fully saturated rings. The molecule has 0 bridgehead atoms. The Morgan fingerprint density at radius 2 is 2.12 bits per heavy atom. The predicted octanol–water partition coefficient (Wildman–Crippen LogP) is 3.30. The molecular weight excluding hydrogens is 328 g/mol. The fourth-order valence-electron chi connectivity index (χ4n) is 3.12. The van der Waals surface area contributed by atoms with E-state index in [4.69, 9.17) is 10.2 Å². The van der Waals surface area contributed by atoms with E-state index in [-0.39, 0.29) is 11.8 Å². The Bertz CT molecular complexity index is 1010. The van der Waals surface area contributed by atoms with Crippen molar-refractivity contribution in [2.75, 3.05) is 5.73 Å². The van der Waals surface area contributed by atoms with Gasteiger partial charge in [0.15, 0.2) is 5.78 Å². The van der Waals surface area contributed by atoms with Gasteiger partial charge in [0.1, 0.15) is 29.7 Å². The van der Waals surface area contributed by atoms with Crippen LogP contribution in [0.25, 0.3) is 0 Å². The van der Waals surface area contributed by atoms with Crippen LogP contribution < -0.4 is 5.73 Å². The van der Waals surface area contributed by atoms with Crippen LogP contribution in [0.15, 0.2) is 52.1 Å². The molecule has 1 unspecified atom stereocenters. The molecule has 26 heavy (non-hydrogen) atoms. The number of ketones is 1. The minimum atomic E-state index is -0.254. The minimum absolute atomic E-state index is 0.0744. The van der Waals surface area contributed by atoms with E-state index in [9.17, 15) is 4.79 Å². The molecule has 2 N–H and O–H groups in total. The third kappa shape index (κ3) is 3.01. The van der Waals surface area contributed by atoms with Crippen LogP contribution in [-0.2, 0) is 6.42 Å². The molecule has 1 aromatic carbocycles. The summed E-state index contributed by atoms with van der Waals surface area (Å²) in [6.07, 6.45) is 4.13. The van der Waals surface area contributed by atoms with Gasteiger partial charge in [0.05, 0.1) is 11.3 Å². The molecule has 1 aliphatic rings. The van der Waals surface area contributed by atoms with Gasteiger partial charge in [-0.2, -0.15) is 0 Å². The Kier molecular flexibility index (Phi) is 4.08. The van der Waals surface area contributed by atoms with E-state index in [1.54, 1.807) is 6.21 Å². The van der Waals surface area contributed by atoms with Crippen LogP contribution in [0.3, 0.4) is 0 Å². The Labute approximate surface area is 150 Å². The van der Waals surface area contributed by atoms with Crippen molar-refractivity contribution in [3.63, 3.8) is 0 Å². The van der Waals surface area contributed by atoms with Gasteiger partial charge in [0.25, 0.3) is 0 Å². The second-order valence-electron chi connectivity index (χ2n) is 6.30. The molecule has 0 saturated carbocycles. The van der Waals surface area contributed by atoms with Crippen molar-refractivity contribution in [2.45, 2.75) is 25.8 Å². The second-order valence-corrected chi connectivity index (χ2v) is 6.30. The van der Waals surface area contributed by atoms with E-state index < -0.39 is 0 Å². The number of carbonyl (C=O) groups excluding carboxylic acids is 1. The third-order valence-electron chi connectivity index (χ3n) is 4.48. The van der Waals surface area contributed by atoms with E-state index in [1.165, 1.54) is 6.33 Å². The highest BCUT2D eigenvalue weighted by atomic mass is 16.3. The monoisotopic (exact) mass is 346 g/mol. The molecule has 2 aromatic heterocycles. The highest BCUT2D eigenvalue weighted by Crippen LogP contribution is 2.33. The number of aryl methyl sites for hydroxylation is 2. The average Bonchev–Trinajstić information content (AvgIpc) is 3.27. The number of Topliss-reactive ketones (excluding diaryl/α,β-unsaturated/α-hetero) is 1. The van der Waals surface area contributed by atoms with Crippen LogP contribution in [-0.4, -0.2) is 22.0 Å². The Balaban J connectivity index is 1.53. The molecule has 0 aliphatic carbocycles. The Hall–Kier alpha value is -3.28. The lowest BCUT2D eigenvalue weighted by Gasteiger charge is -2.11. The summed E-state index contributed by atoms with van der Waals surface area (Å²) >= 11 is 0. The van der Waals surface area contributed by atoms with Crippen molar-refractivity contribution < 1.29 is 9.21 Å². The van der Waals surface area contributed by atoms with E-state index in [0.717, 1.165) is 28.3 Å². The number of rotatable bonds is 5. The van der Waals surface area contributed by atoms with Gasteiger partial charge < -0.3 is 10.2 Å². The number of anilines is 1. The maximum Gasteiger partial charge on any atom is 0.163 e. The highest BCUT2D eigenvalue weighted by molar-refractivity contribution is 5.96. The van der Waals surface area contributed by atoms with Crippen molar-refractivity contribution in [1.82, 2.24) is 9.97 Å². The number of furan rings is 1. The van der Waals surface area contributed by atoms with Gasteiger partial charge >= 0.3 is 0 Å². The van der Waals surface area contributed by atoms with Crippen LogP contribution in [0, 0.1) is 6.92 Å². The standard InChI is InChI=1S/C20H18N4O2/c1-12-5-6-15(26-12)7-8-17(25)13-3-2-4-14(9-13)18-19-16(10-22-18)20(21)24-11-23-19/h2-6,9-11,18H,7-8H2,1H3,(H2,21,23,24). The zero-order valence-corrected chi connectivity index (χ0v) is 14.3. The highest BCUT2D eigenvalue weighted by Gasteiger charge is 2.24. The predicted molar refractivity (Wildman–Crippen MR) is 98.4 cm³/mol. The molecule has 0 spiro atoms. The number of nitrogen functional groups attached to an aromatic ring is 1. The number of carbonyl (C=O) groups is 1. The summed E-state index contributed by atoms with van der Waals surface area (Å²) in [6, 6.07) is 11.1. The molecule has 0 saturated heterocycles. The van der Waals surface area contributed by atoms with Gasteiger partial charge in [-0.3, -0.25) is 9.79 Å². The largest absolute Gasteiger partial charge is 0.466 e. The quantitative estimate of drug-likeness (QED) is 0.715. The summed E-state index contributed by atoms with van der Waals surface area (Å²) in [5, 5.41) is 0. The molecule has 1 aliphatic heterocycles. The third-order valence-corrected chi connectivity index (χ3v) is 4.48. The van der Waals surface area contributed by atoms with Gasteiger partial charge in [0.2, 0.25) is 0 Å². The van der Waals surface area contributed by atoms with Crippen molar-refractivity contribution in [3.8, 4) is 0 Å². The van der Waals surface area contributed by atoms with Crippen molar-refractivity contribution in [2.24, 2.45) is 4.99 Å². The summed E-state index contributed by atoms with van der Waals surface area (Å²) in [5.41, 5.74) is 8.98. The van der Waals surface area contributed by atoms with Gasteiger partial charge in [0, 0.05) is 24.6 Å². The van der Waals surface area contributed by atoms with Crippen LogP contribution in [0.1, 0.15) is 51.2 Å². The molecule has 4 rings (SSSR count). The molecule has 6 nitrogen and oxygen atoms in total. The maximum atomic E-state index is 12.6. The first-order chi connectivity index (χ1) is 12.6. The number of benzene rings is 1. The Morgan fingerprint density at radius 1 is 1.23 bits per heavy atom. The van der Waals surface area contributed by atoms with Crippen LogP contribution >= 0.6 is 0 Å². The van der Waals surface area contributed by atoms with Gasteiger partial charge in [-0.25, -0.2) is 9.97 Å². The SMILES string of the molecule is Cc1ccc(CCC(=O)c2cccc(C3N=Cc4c(N)ncnc43)c2)o1. The topological polar surface area (TPSA) is 94.4 Å². The number of aliphatic imine (C=N–C) groups is 1. The van der Waals surface area contributed by atoms with Gasteiger partial charge in [-0.05, 0) is 30.7 Å². The maximum absolute atomic E-state index is 12.6. The lowest BCUT2D eigenvalue weighted by Crippen LogP contribution is -2.06. The summed E-state index contributed by atoms with van der Waals surface area (Å²) in [4.78, 5) is 25.4. The fourth-order valence-corrected chi connectivity index (χ4v) is 3.12. The van der Waals surface area contributed by atoms with Crippen molar-refractivity contribution >= 4 is 17.8 Å². The second kappa shape index (κ2) is 6.55. The molecule has 3 heterocycles. The number of fused-ring (bicyclic) bond motifs is 1. The molecule has 0 amide bonds. The van der Waals surface area contributed by atoms with Crippen LogP contribution in [0.4, 0.5) is 5.82 Å². The molecule has 0 radical (unpaired) electrons. The molecule has 1 atom stereocenters. The lowest BCUT2D eigenvalue weighted by molar-refractivity contribution is 0.0980. The first-order valence-electron chi connectivity index (χ1n) is 8.44.